The molecule has 0 fully saturated rings. The molecule has 8 heteroatoms. The third-order valence-electron chi connectivity index (χ3n) is 4.85. The van der Waals surface area contributed by atoms with Gasteiger partial charge in [-0.25, -0.2) is 4.79 Å². The van der Waals surface area contributed by atoms with Gasteiger partial charge in [0.05, 0.1) is 17.6 Å². The van der Waals surface area contributed by atoms with Crippen LogP contribution >= 0.6 is 0 Å². The minimum atomic E-state index is -1.02. The van der Waals surface area contributed by atoms with E-state index in [1.54, 1.807) is 19.9 Å². The number of nitro benzene ring substituents is 1. The molecule has 0 bridgehead atoms. The Labute approximate surface area is 179 Å². The number of unbranched alkanes of at least 4 members (excludes halogenated alkanes) is 1. The lowest BCUT2D eigenvalue weighted by Crippen LogP contribution is -2.36. The van der Waals surface area contributed by atoms with Crippen molar-refractivity contribution < 1.29 is 24.0 Å². The first-order chi connectivity index (χ1) is 14.8. The van der Waals surface area contributed by atoms with Crippen LogP contribution in [0, 0.1) is 27.9 Å². The quantitative estimate of drug-likeness (QED) is 0.127. The van der Waals surface area contributed by atoms with Crippen LogP contribution in [0.3, 0.4) is 0 Å². The Morgan fingerprint density at radius 2 is 2.00 bits per heavy atom. The fourth-order valence-corrected chi connectivity index (χ4v) is 3.50. The molecule has 2 atom stereocenters. The van der Waals surface area contributed by atoms with E-state index in [0.717, 1.165) is 12.5 Å². The van der Waals surface area contributed by atoms with Crippen molar-refractivity contribution in [2.45, 2.75) is 39.5 Å². The summed E-state index contributed by atoms with van der Waals surface area (Å²) >= 11 is 0. The lowest BCUT2D eigenvalue weighted by molar-refractivity contribution is -0.385. The minimum absolute atomic E-state index is 0.0594. The summed E-state index contributed by atoms with van der Waals surface area (Å²) in [5.74, 6) is 2.71. The van der Waals surface area contributed by atoms with Crippen LogP contribution in [0.25, 0.3) is 0 Å². The Kier molecular flexibility index (Phi) is 8.18. The van der Waals surface area contributed by atoms with Crippen LogP contribution in [0.15, 0.2) is 46.6 Å². The SMILES string of the molecule is CCCCOC(=O)C1C(C)=NC(C)=C(C(=O)C#CC=C=O)C1c1ccccc1[N+](=O)[O-]. The van der Waals surface area contributed by atoms with Crippen molar-refractivity contribution in [2.75, 3.05) is 6.61 Å². The summed E-state index contributed by atoms with van der Waals surface area (Å²) in [4.78, 5) is 51.7. The van der Waals surface area contributed by atoms with Crippen LogP contribution < -0.4 is 0 Å². The van der Waals surface area contributed by atoms with Gasteiger partial charge in [0, 0.05) is 34.5 Å². The third kappa shape index (κ3) is 5.41. The Balaban J connectivity index is 2.69. The second-order valence-electron chi connectivity index (χ2n) is 6.91. The molecule has 160 valence electrons. The van der Waals surface area contributed by atoms with Crippen molar-refractivity contribution in [3.8, 4) is 11.8 Å². The van der Waals surface area contributed by atoms with Crippen molar-refractivity contribution in [2.24, 2.45) is 10.9 Å². The number of esters is 1. The van der Waals surface area contributed by atoms with E-state index in [2.05, 4.69) is 16.8 Å². The van der Waals surface area contributed by atoms with E-state index in [0.29, 0.717) is 17.8 Å². The molecule has 1 aliphatic rings. The van der Waals surface area contributed by atoms with Gasteiger partial charge in [0.1, 0.15) is 11.9 Å². The predicted octanol–water partition coefficient (Wildman–Crippen LogP) is 3.35. The lowest BCUT2D eigenvalue weighted by Gasteiger charge is -2.31. The molecular formula is C23H22N2O6. The topological polar surface area (TPSA) is 116 Å². The predicted molar refractivity (Wildman–Crippen MR) is 114 cm³/mol. The fraction of sp³-hybridized carbons (Fsp3) is 0.348. The molecule has 2 rings (SSSR count). The van der Waals surface area contributed by atoms with E-state index < -0.39 is 28.5 Å². The monoisotopic (exact) mass is 422 g/mol. The molecule has 1 aliphatic heterocycles. The highest BCUT2D eigenvalue weighted by atomic mass is 16.6. The number of rotatable bonds is 7. The number of allylic oxidation sites excluding steroid dienone is 3. The average Bonchev–Trinajstić information content (AvgIpc) is 2.73. The molecule has 0 saturated heterocycles. The number of para-hydroxylation sites is 1. The van der Waals surface area contributed by atoms with E-state index >= 15 is 0 Å². The smallest absolute Gasteiger partial charge is 0.315 e. The molecule has 31 heavy (non-hydrogen) atoms. The van der Waals surface area contributed by atoms with Crippen LogP contribution in [0.2, 0.25) is 0 Å². The normalized spacial score (nSPS) is 17.6. The average molecular weight is 422 g/mol. The van der Waals surface area contributed by atoms with Gasteiger partial charge < -0.3 is 4.74 Å². The zero-order valence-corrected chi connectivity index (χ0v) is 17.5. The zero-order chi connectivity index (χ0) is 23.0. The first-order valence-electron chi connectivity index (χ1n) is 9.74. The largest absolute Gasteiger partial charge is 0.465 e. The number of hydrogen-bond donors (Lipinski definition) is 0. The molecule has 0 aromatic heterocycles. The number of nitro groups is 1. The second-order valence-corrected chi connectivity index (χ2v) is 6.91. The summed E-state index contributed by atoms with van der Waals surface area (Å²) in [6.45, 7) is 5.35. The minimum Gasteiger partial charge on any atom is -0.465 e. The summed E-state index contributed by atoms with van der Waals surface area (Å²) in [6.07, 6.45) is 2.33. The number of aliphatic imine (C=N–C) groups is 1. The van der Waals surface area contributed by atoms with Gasteiger partial charge in [0.15, 0.2) is 0 Å². The highest BCUT2D eigenvalue weighted by molar-refractivity contribution is 6.14. The van der Waals surface area contributed by atoms with Gasteiger partial charge in [-0.15, -0.1) is 0 Å². The van der Waals surface area contributed by atoms with Crippen molar-refractivity contribution in [3.63, 3.8) is 0 Å². The van der Waals surface area contributed by atoms with Gasteiger partial charge in [-0.05, 0) is 26.2 Å². The van der Waals surface area contributed by atoms with Gasteiger partial charge in [0.25, 0.3) is 5.69 Å². The van der Waals surface area contributed by atoms with Crippen LogP contribution in [-0.2, 0) is 19.1 Å². The molecular weight excluding hydrogens is 400 g/mol. The van der Waals surface area contributed by atoms with Crippen molar-refractivity contribution in [3.05, 3.63) is 57.3 Å². The standard InChI is InChI=1S/C23H22N2O6/c1-4-5-14-31-23(28)21-16(3)24-15(2)20(19(27)12-8-9-13-26)22(21)17-10-6-7-11-18(17)25(29)30/h6-7,9-11,21-22H,4-5,14H2,1-3H3. The highest BCUT2D eigenvalue weighted by Crippen LogP contribution is 2.43. The summed E-state index contributed by atoms with van der Waals surface area (Å²) in [5.41, 5.74) is 0.707. The summed E-state index contributed by atoms with van der Waals surface area (Å²) in [7, 11) is 0. The molecule has 1 aromatic carbocycles. The first-order valence-corrected chi connectivity index (χ1v) is 9.74. The fourth-order valence-electron chi connectivity index (χ4n) is 3.50. The Morgan fingerprint density at radius 1 is 1.29 bits per heavy atom. The number of carbonyl (C=O) groups is 2. The molecule has 0 aliphatic carbocycles. The van der Waals surface area contributed by atoms with Gasteiger partial charge in [-0.3, -0.25) is 24.7 Å². The van der Waals surface area contributed by atoms with Crippen LogP contribution in [0.4, 0.5) is 5.69 Å². The van der Waals surface area contributed by atoms with Crippen LogP contribution in [0.5, 0.6) is 0 Å². The number of carbonyl (C=O) groups excluding carboxylic acids is 3. The number of hydrogen-bond acceptors (Lipinski definition) is 7. The molecule has 0 N–H and O–H groups in total. The summed E-state index contributed by atoms with van der Waals surface area (Å²) in [5, 5.41) is 11.7. The summed E-state index contributed by atoms with van der Waals surface area (Å²) in [6, 6.07) is 5.93. The number of ketones is 1. The number of Topliss-reactive ketones (excluding diaryl/α,β-unsaturated/α-hetero) is 1. The number of nitrogens with zero attached hydrogens (tertiary/aromatic N) is 2. The molecule has 1 aromatic rings. The van der Waals surface area contributed by atoms with Crippen molar-refractivity contribution in [1.29, 1.82) is 0 Å². The van der Waals surface area contributed by atoms with E-state index in [1.165, 1.54) is 24.1 Å². The first kappa shape index (κ1) is 23.5. The second kappa shape index (κ2) is 10.8. The van der Waals surface area contributed by atoms with Crippen molar-refractivity contribution >= 4 is 29.1 Å². The molecule has 0 amide bonds. The van der Waals surface area contributed by atoms with Gasteiger partial charge in [-0.1, -0.05) is 37.5 Å². The summed E-state index contributed by atoms with van der Waals surface area (Å²) < 4.78 is 5.39. The maximum absolute atomic E-state index is 13.0. The molecule has 0 radical (unpaired) electrons. The number of ether oxygens (including phenoxy) is 1. The lowest BCUT2D eigenvalue weighted by atomic mass is 9.74. The maximum atomic E-state index is 13.0. The molecule has 1 heterocycles. The Hall–Kier alpha value is -3.82. The van der Waals surface area contributed by atoms with Gasteiger partial charge in [0.2, 0.25) is 5.78 Å². The van der Waals surface area contributed by atoms with E-state index in [1.807, 2.05) is 6.92 Å². The van der Waals surface area contributed by atoms with Gasteiger partial charge in [-0.2, -0.15) is 0 Å². The maximum Gasteiger partial charge on any atom is 0.315 e. The molecule has 8 nitrogen and oxygen atoms in total. The Bertz CT molecular complexity index is 1070. The molecule has 2 unspecified atom stereocenters. The third-order valence-corrected chi connectivity index (χ3v) is 4.85. The highest BCUT2D eigenvalue weighted by Gasteiger charge is 2.43. The van der Waals surface area contributed by atoms with E-state index in [9.17, 15) is 24.5 Å². The van der Waals surface area contributed by atoms with Crippen molar-refractivity contribution in [1.82, 2.24) is 0 Å². The Morgan fingerprint density at radius 3 is 2.65 bits per heavy atom. The van der Waals surface area contributed by atoms with Crippen LogP contribution in [-0.4, -0.2) is 34.9 Å². The van der Waals surface area contributed by atoms with Gasteiger partial charge >= 0.3 is 5.97 Å². The molecule has 0 spiro atoms. The zero-order valence-electron chi connectivity index (χ0n) is 17.5. The van der Waals surface area contributed by atoms with E-state index in [-0.39, 0.29) is 23.4 Å². The number of benzene rings is 1. The van der Waals surface area contributed by atoms with Crippen LogP contribution in [0.1, 0.15) is 45.1 Å². The van der Waals surface area contributed by atoms with E-state index in [4.69, 9.17) is 4.74 Å². The molecule has 0 saturated carbocycles.